The fourth-order valence-electron chi connectivity index (χ4n) is 2.65. The van der Waals surface area contributed by atoms with E-state index in [0.29, 0.717) is 6.42 Å². The summed E-state index contributed by atoms with van der Waals surface area (Å²) in [5.41, 5.74) is 4.58. The monoisotopic (exact) mass is 345 g/mol. The van der Waals surface area contributed by atoms with Gasteiger partial charge in [0.15, 0.2) is 0 Å². The van der Waals surface area contributed by atoms with Crippen molar-refractivity contribution >= 4 is 16.5 Å². The van der Waals surface area contributed by atoms with Gasteiger partial charge < -0.3 is 5.32 Å². The van der Waals surface area contributed by atoms with E-state index in [9.17, 15) is 4.39 Å². The molecule has 0 saturated heterocycles. The van der Waals surface area contributed by atoms with Crippen molar-refractivity contribution < 1.29 is 4.39 Å². The van der Waals surface area contributed by atoms with Crippen LogP contribution in [0.2, 0.25) is 0 Å². The van der Waals surface area contributed by atoms with Crippen LogP contribution in [0.1, 0.15) is 27.5 Å². The van der Waals surface area contributed by atoms with Crippen molar-refractivity contribution in [2.24, 2.45) is 7.05 Å². The summed E-state index contributed by atoms with van der Waals surface area (Å²) in [6.07, 6.45) is 1.57. The molecule has 2 aromatic heterocycles. The normalized spacial score (nSPS) is 11.0. The number of rotatable bonds is 6. The van der Waals surface area contributed by atoms with Crippen LogP contribution in [0.25, 0.3) is 0 Å². The Bertz CT molecular complexity index is 822. The summed E-state index contributed by atoms with van der Waals surface area (Å²) in [6, 6.07) is 6.48. The van der Waals surface area contributed by atoms with Gasteiger partial charge in [-0.05, 0) is 43.5 Å². The van der Waals surface area contributed by atoms with Crippen LogP contribution in [0.3, 0.4) is 0 Å². The third-order valence-corrected chi connectivity index (χ3v) is 4.93. The number of hydrogen-bond acceptors (Lipinski definition) is 5. The van der Waals surface area contributed by atoms with Crippen LogP contribution >= 0.6 is 11.3 Å². The number of benzene rings is 1. The first kappa shape index (κ1) is 16.6. The quantitative estimate of drug-likeness (QED) is 0.745. The molecule has 3 rings (SSSR count). The summed E-state index contributed by atoms with van der Waals surface area (Å²) in [5, 5.41) is 17.8. The van der Waals surface area contributed by atoms with Crippen molar-refractivity contribution in [1.29, 1.82) is 0 Å². The molecule has 0 atom stereocenters. The summed E-state index contributed by atoms with van der Waals surface area (Å²) in [6.45, 7) is 4.91. The lowest BCUT2D eigenvalue weighted by Crippen LogP contribution is -2.06. The minimum absolute atomic E-state index is 0.223. The molecule has 1 N–H and O–H groups in total. The van der Waals surface area contributed by atoms with Crippen molar-refractivity contribution in [3.8, 4) is 0 Å². The van der Waals surface area contributed by atoms with Crippen molar-refractivity contribution in [2.45, 2.75) is 26.7 Å². The molecule has 5 nitrogen and oxygen atoms in total. The van der Waals surface area contributed by atoms with E-state index in [1.54, 1.807) is 12.1 Å². The topological polar surface area (TPSA) is 55.6 Å². The lowest BCUT2D eigenvalue weighted by molar-refractivity contribution is 0.627. The highest BCUT2D eigenvalue weighted by molar-refractivity contribution is 7.15. The molecular weight excluding hydrogens is 325 g/mol. The molecule has 0 bridgehead atoms. The maximum absolute atomic E-state index is 12.9. The Morgan fingerprint density at radius 2 is 1.92 bits per heavy atom. The van der Waals surface area contributed by atoms with E-state index in [-0.39, 0.29) is 5.82 Å². The van der Waals surface area contributed by atoms with Crippen LogP contribution in [0.5, 0.6) is 0 Å². The number of nitrogens with zero attached hydrogens (tertiary/aromatic N) is 4. The largest absolute Gasteiger partial charge is 0.360 e. The fourth-order valence-corrected chi connectivity index (χ4v) is 3.45. The van der Waals surface area contributed by atoms with Crippen LogP contribution in [0.15, 0.2) is 24.3 Å². The zero-order valence-corrected chi connectivity index (χ0v) is 14.8. The number of halogens is 1. The Labute approximate surface area is 144 Å². The maximum atomic E-state index is 12.9. The van der Waals surface area contributed by atoms with E-state index < -0.39 is 0 Å². The van der Waals surface area contributed by atoms with Crippen LogP contribution in [0.4, 0.5) is 9.52 Å². The number of hydrogen-bond donors (Lipinski definition) is 1. The van der Waals surface area contributed by atoms with Gasteiger partial charge in [0, 0.05) is 25.7 Å². The second-order valence-electron chi connectivity index (χ2n) is 5.75. The molecule has 0 spiro atoms. The lowest BCUT2D eigenvalue weighted by atomic mass is 10.1. The lowest BCUT2D eigenvalue weighted by Gasteiger charge is -2.03. The van der Waals surface area contributed by atoms with Gasteiger partial charge in [-0.1, -0.05) is 23.5 Å². The molecule has 2 heterocycles. The number of aromatic nitrogens is 4. The molecule has 0 radical (unpaired) electrons. The van der Waals surface area contributed by atoms with Crippen molar-refractivity contribution in [3.63, 3.8) is 0 Å². The zero-order valence-electron chi connectivity index (χ0n) is 14.0. The Morgan fingerprint density at radius 3 is 2.58 bits per heavy atom. The molecule has 3 aromatic rings. The first-order valence-corrected chi connectivity index (χ1v) is 8.64. The average Bonchev–Trinajstić information content (AvgIpc) is 3.09. The molecule has 1 aromatic carbocycles. The van der Waals surface area contributed by atoms with Gasteiger partial charge >= 0.3 is 0 Å². The Morgan fingerprint density at radius 1 is 1.17 bits per heavy atom. The highest BCUT2D eigenvalue weighted by Gasteiger charge is 2.10. The van der Waals surface area contributed by atoms with Gasteiger partial charge in [-0.15, -0.1) is 10.2 Å². The summed E-state index contributed by atoms with van der Waals surface area (Å²) >= 11 is 1.53. The van der Waals surface area contributed by atoms with Gasteiger partial charge in [-0.3, -0.25) is 4.68 Å². The Balaban J connectivity index is 1.55. The molecule has 24 heavy (non-hydrogen) atoms. The van der Waals surface area contributed by atoms with Crippen LogP contribution in [-0.2, 0) is 19.9 Å². The third-order valence-electron chi connectivity index (χ3n) is 4.05. The highest BCUT2D eigenvalue weighted by atomic mass is 32.1. The molecule has 0 saturated carbocycles. The van der Waals surface area contributed by atoms with Gasteiger partial charge in [-0.2, -0.15) is 5.10 Å². The molecule has 0 fully saturated rings. The average molecular weight is 345 g/mol. The number of anilines is 1. The van der Waals surface area contributed by atoms with E-state index >= 15 is 0 Å². The van der Waals surface area contributed by atoms with E-state index in [0.717, 1.165) is 34.4 Å². The Hall–Kier alpha value is -2.28. The molecule has 0 aliphatic carbocycles. The first-order chi connectivity index (χ1) is 11.5. The van der Waals surface area contributed by atoms with Gasteiger partial charge in [-0.25, -0.2) is 4.39 Å². The van der Waals surface area contributed by atoms with E-state index in [1.807, 2.05) is 18.7 Å². The second kappa shape index (κ2) is 7.09. The van der Waals surface area contributed by atoms with Gasteiger partial charge in [0.05, 0.1) is 5.69 Å². The first-order valence-electron chi connectivity index (χ1n) is 7.82. The van der Waals surface area contributed by atoms with Crippen LogP contribution < -0.4 is 5.32 Å². The maximum Gasteiger partial charge on any atom is 0.205 e. The summed E-state index contributed by atoms with van der Waals surface area (Å²) in [4.78, 5) is 0. The van der Waals surface area contributed by atoms with Gasteiger partial charge in [0.2, 0.25) is 5.13 Å². The molecule has 0 unspecified atom stereocenters. The van der Waals surface area contributed by atoms with Crippen molar-refractivity contribution in [2.75, 3.05) is 11.9 Å². The minimum Gasteiger partial charge on any atom is -0.360 e. The van der Waals surface area contributed by atoms with Crippen LogP contribution in [-0.4, -0.2) is 26.5 Å². The van der Waals surface area contributed by atoms with Crippen molar-refractivity contribution in [1.82, 2.24) is 20.0 Å². The smallest absolute Gasteiger partial charge is 0.205 e. The standard InChI is InChI=1S/C17H20FN5S/c1-11-15(12(2)23(3)22-11)8-9-19-17-21-20-16(24-17)10-13-4-6-14(18)7-5-13/h4-7H,8-10H2,1-3H3,(H,19,21). The molecule has 0 aliphatic heterocycles. The summed E-state index contributed by atoms with van der Waals surface area (Å²) < 4.78 is 14.8. The third kappa shape index (κ3) is 3.79. The molecular formula is C17H20FN5S. The molecule has 0 aliphatic rings. The van der Waals surface area contributed by atoms with E-state index in [2.05, 4.69) is 27.5 Å². The summed E-state index contributed by atoms with van der Waals surface area (Å²) in [7, 11) is 1.96. The zero-order chi connectivity index (χ0) is 17.1. The van der Waals surface area contributed by atoms with Crippen LogP contribution in [0, 0.1) is 19.7 Å². The van der Waals surface area contributed by atoms with Gasteiger partial charge in [0.25, 0.3) is 0 Å². The van der Waals surface area contributed by atoms with E-state index in [4.69, 9.17) is 0 Å². The predicted molar refractivity (Wildman–Crippen MR) is 94.0 cm³/mol. The molecule has 126 valence electrons. The SMILES string of the molecule is Cc1nn(C)c(C)c1CCNc1nnc(Cc2ccc(F)cc2)s1. The molecule has 7 heteroatoms. The summed E-state index contributed by atoms with van der Waals surface area (Å²) in [5.74, 6) is -0.223. The van der Waals surface area contributed by atoms with Crippen molar-refractivity contribution in [3.05, 3.63) is 57.6 Å². The number of nitrogens with one attached hydrogen (secondary N) is 1. The minimum atomic E-state index is -0.223. The van der Waals surface area contributed by atoms with E-state index in [1.165, 1.54) is 34.7 Å². The van der Waals surface area contributed by atoms with Gasteiger partial charge in [0.1, 0.15) is 10.8 Å². The molecule has 0 amide bonds. The predicted octanol–water partition coefficient (Wildman–Crippen LogP) is 3.27. The number of aryl methyl sites for hydroxylation is 2. The fraction of sp³-hybridized carbons (Fsp3) is 0.353. The Kier molecular flexibility index (Phi) is 4.89. The highest BCUT2D eigenvalue weighted by Crippen LogP contribution is 2.19. The second-order valence-corrected chi connectivity index (χ2v) is 6.82.